The summed E-state index contributed by atoms with van der Waals surface area (Å²) >= 11 is 0. The average molecular weight is 677 g/mol. The van der Waals surface area contributed by atoms with E-state index in [0.29, 0.717) is 0 Å². The van der Waals surface area contributed by atoms with Gasteiger partial charge >= 0.3 is 0 Å². The number of aromatic nitrogens is 1. The Morgan fingerprint density at radius 3 is 1.87 bits per heavy atom. The summed E-state index contributed by atoms with van der Waals surface area (Å²) in [4.78, 5) is 2.31. The lowest BCUT2D eigenvalue weighted by atomic mass is 9.92. The lowest BCUT2D eigenvalue weighted by Crippen LogP contribution is -2.09. The van der Waals surface area contributed by atoms with E-state index in [1.165, 1.54) is 48.9 Å². The highest BCUT2D eigenvalue weighted by Crippen LogP contribution is 2.46. The van der Waals surface area contributed by atoms with Crippen LogP contribution in [0.15, 0.2) is 199 Å². The summed E-state index contributed by atoms with van der Waals surface area (Å²) in [7, 11) is 0. The fourth-order valence-electron chi connectivity index (χ4n) is 8.43. The van der Waals surface area contributed by atoms with Crippen LogP contribution >= 0.6 is 0 Å². The van der Waals surface area contributed by atoms with E-state index < -0.39 is 0 Å². The summed E-state index contributed by atoms with van der Waals surface area (Å²) < 4.78 is 9.28. The highest BCUT2D eigenvalue weighted by molar-refractivity contribution is 6.25. The number of para-hydroxylation sites is 3. The van der Waals surface area contributed by atoms with Gasteiger partial charge in [-0.25, -0.2) is 0 Å². The van der Waals surface area contributed by atoms with Gasteiger partial charge in [0.2, 0.25) is 0 Å². The molecule has 0 saturated carbocycles. The summed E-state index contributed by atoms with van der Waals surface area (Å²) in [5.41, 5.74) is 10.9. The Kier molecular flexibility index (Phi) is 6.55. The number of furan rings is 1. The van der Waals surface area contributed by atoms with Crippen LogP contribution in [-0.2, 0) is 0 Å². The van der Waals surface area contributed by atoms with Crippen LogP contribution in [0.4, 0.5) is 17.1 Å². The van der Waals surface area contributed by atoms with Crippen molar-refractivity contribution >= 4 is 82.4 Å². The highest BCUT2D eigenvalue weighted by Gasteiger charge is 2.21. The highest BCUT2D eigenvalue weighted by atomic mass is 16.3. The molecule has 2 heterocycles. The minimum Gasteiger partial charge on any atom is -0.456 e. The Bertz CT molecular complexity index is 3170. The van der Waals surface area contributed by atoms with Crippen LogP contribution < -0.4 is 4.90 Å². The van der Waals surface area contributed by atoms with E-state index in [1.807, 2.05) is 0 Å². The largest absolute Gasteiger partial charge is 0.456 e. The molecule has 9 aromatic carbocycles. The first kappa shape index (κ1) is 29.6. The van der Waals surface area contributed by atoms with Gasteiger partial charge in [0.15, 0.2) is 0 Å². The van der Waals surface area contributed by atoms with Crippen molar-refractivity contribution in [1.82, 2.24) is 4.57 Å². The fraction of sp³-hybridized carbons (Fsp3) is 0. The summed E-state index contributed by atoms with van der Waals surface area (Å²) in [6.07, 6.45) is 0. The molecule has 11 rings (SSSR count). The van der Waals surface area contributed by atoms with Gasteiger partial charge in [-0.2, -0.15) is 0 Å². The van der Waals surface area contributed by atoms with Crippen molar-refractivity contribution in [3.8, 4) is 16.8 Å². The van der Waals surface area contributed by atoms with E-state index in [-0.39, 0.29) is 0 Å². The third-order valence-corrected chi connectivity index (χ3v) is 10.7. The number of benzene rings is 9. The second kappa shape index (κ2) is 11.7. The van der Waals surface area contributed by atoms with Gasteiger partial charge in [-0.1, -0.05) is 121 Å². The zero-order valence-electron chi connectivity index (χ0n) is 28.8. The molecule has 0 N–H and O–H groups in total. The predicted octanol–water partition coefficient (Wildman–Crippen LogP) is 14.1. The zero-order valence-corrected chi connectivity index (χ0v) is 28.8. The number of nitrogens with zero attached hydrogens (tertiary/aromatic N) is 2. The normalized spacial score (nSPS) is 11.8. The lowest BCUT2D eigenvalue weighted by molar-refractivity contribution is 0.669. The second-order valence-electron chi connectivity index (χ2n) is 13.7. The first-order chi connectivity index (χ1) is 26.3. The van der Waals surface area contributed by atoms with E-state index in [0.717, 1.165) is 50.3 Å². The minimum atomic E-state index is 0.861. The van der Waals surface area contributed by atoms with Gasteiger partial charge in [0.25, 0.3) is 0 Å². The molecule has 0 bridgehead atoms. The van der Waals surface area contributed by atoms with Gasteiger partial charge in [-0.3, -0.25) is 0 Å². The van der Waals surface area contributed by atoms with Crippen molar-refractivity contribution in [2.75, 3.05) is 4.90 Å². The third-order valence-electron chi connectivity index (χ3n) is 10.7. The summed E-state index contributed by atoms with van der Waals surface area (Å²) in [5.74, 6) is 0. The van der Waals surface area contributed by atoms with Gasteiger partial charge in [-0.05, 0) is 99.4 Å². The van der Waals surface area contributed by atoms with Crippen molar-refractivity contribution in [3.63, 3.8) is 0 Å². The summed E-state index contributed by atoms with van der Waals surface area (Å²) in [6, 6.07) is 69.5. The molecule has 0 atom stereocenters. The molecule has 11 aromatic rings. The van der Waals surface area contributed by atoms with Crippen molar-refractivity contribution in [2.24, 2.45) is 0 Å². The summed E-state index contributed by atoms with van der Waals surface area (Å²) in [5, 5.41) is 9.54. The van der Waals surface area contributed by atoms with Crippen LogP contribution in [0, 0.1) is 0 Å². The molecule has 53 heavy (non-hydrogen) atoms. The molecule has 0 aliphatic rings. The molecular formula is C50H32N2O. The standard InChI is InChI=1S/C50H32N2O/c1-3-16-35(17-4-1)51(37-27-26-33-14-7-8-15-34(33)30-37)38-28-29-43-47(31-38)53-48-32-44(39-20-9-10-21-40(39)50(43)48)41-23-13-25-46-49(41)42-22-11-12-24-45(42)52(46)36-18-5-2-6-19-36/h1-32H. The van der Waals surface area contributed by atoms with Crippen molar-refractivity contribution < 1.29 is 4.42 Å². The average Bonchev–Trinajstić information content (AvgIpc) is 3.77. The van der Waals surface area contributed by atoms with Crippen LogP contribution in [0.1, 0.15) is 0 Å². The van der Waals surface area contributed by atoms with Crippen LogP contribution in [-0.4, -0.2) is 4.57 Å². The van der Waals surface area contributed by atoms with Gasteiger partial charge in [0.05, 0.1) is 11.0 Å². The Balaban J connectivity index is 1.14. The quantitative estimate of drug-likeness (QED) is 0.181. The Morgan fingerprint density at radius 1 is 0.358 bits per heavy atom. The molecule has 0 saturated heterocycles. The van der Waals surface area contributed by atoms with Crippen LogP contribution in [0.25, 0.3) is 82.1 Å². The lowest BCUT2D eigenvalue weighted by Gasteiger charge is -2.25. The number of fused-ring (bicyclic) bond motifs is 9. The maximum atomic E-state index is 6.90. The first-order valence-electron chi connectivity index (χ1n) is 18.1. The van der Waals surface area contributed by atoms with Gasteiger partial charge in [0, 0.05) is 50.4 Å². The van der Waals surface area contributed by atoms with Crippen molar-refractivity contribution in [1.29, 1.82) is 0 Å². The van der Waals surface area contributed by atoms with Gasteiger partial charge in [-0.15, -0.1) is 0 Å². The number of anilines is 3. The SMILES string of the molecule is c1ccc(N(c2ccc3ccccc3c2)c2ccc3c(c2)oc2cc(-c4cccc5c4c4ccccc4n5-c4ccccc4)c4ccccc4c23)cc1. The predicted molar refractivity (Wildman–Crippen MR) is 223 cm³/mol. The molecule has 0 radical (unpaired) electrons. The van der Waals surface area contributed by atoms with Crippen LogP contribution in [0.5, 0.6) is 0 Å². The molecule has 2 aromatic heterocycles. The van der Waals surface area contributed by atoms with E-state index >= 15 is 0 Å². The molecule has 0 spiro atoms. The van der Waals surface area contributed by atoms with E-state index in [1.54, 1.807) is 0 Å². The molecule has 3 nitrogen and oxygen atoms in total. The van der Waals surface area contributed by atoms with Crippen LogP contribution in [0.2, 0.25) is 0 Å². The number of rotatable bonds is 5. The van der Waals surface area contributed by atoms with E-state index in [9.17, 15) is 0 Å². The molecule has 0 fully saturated rings. The van der Waals surface area contributed by atoms with E-state index in [4.69, 9.17) is 4.42 Å². The molecule has 0 aliphatic carbocycles. The van der Waals surface area contributed by atoms with Crippen molar-refractivity contribution in [2.45, 2.75) is 0 Å². The maximum Gasteiger partial charge on any atom is 0.137 e. The Morgan fingerprint density at radius 2 is 1.02 bits per heavy atom. The Hall–Kier alpha value is -7.10. The van der Waals surface area contributed by atoms with Gasteiger partial charge in [0.1, 0.15) is 11.2 Å². The van der Waals surface area contributed by atoms with E-state index in [2.05, 4.69) is 204 Å². The number of hydrogen-bond donors (Lipinski definition) is 0. The fourth-order valence-corrected chi connectivity index (χ4v) is 8.43. The topological polar surface area (TPSA) is 21.3 Å². The molecule has 0 aliphatic heterocycles. The maximum absolute atomic E-state index is 6.90. The first-order valence-corrected chi connectivity index (χ1v) is 18.1. The Labute approximate surface area is 306 Å². The van der Waals surface area contributed by atoms with Crippen molar-refractivity contribution in [3.05, 3.63) is 194 Å². The van der Waals surface area contributed by atoms with Gasteiger partial charge < -0.3 is 13.9 Å². The molecule has 0 unspecified atom stereocenters. The smallest absolute Gasteiger partial charge is 0.137 e. The third kappa shape index (κ3) is 4.61. The monoisotopic (exact) mass is 676 g/mol. The molecule has 3 heteroatoms. The zero-order chi connectivity index (χ0) is 34.9. The molecular weight excluding hydrogens is 645 g/mol. The second-order valence-corrected chi connectivity index (χ2v) is 13.7. The summed E-state index contributed by atoms with van der Waals surface area (Å²) in [6.45, 7) is 0. The number of hydrogen-bond acceptors (Lipinski definition) is 2. The molecule has 248 valence electrons. The minimum absolute atomic E-state index is 0.861. The molecule has 0 amide bonds. The van der Waals surface area contributed by atoms with Crippen LogP contribution in [0.3, 0.4) is 0 Å².